The second-order valence-electron chi connectivity index (χ2n) is 2.92. The number of Topliss-reactive ketones (excluding diaryl/α,β-unsaturated/α-hetero) is 1. The van der Waals surface area contributed by atoms with Gasteiger partial charge in [0.25, 0.3) is 0 Å². The van der Waals surface area contributed by atoms with E-state index in [1.54, 1.807) is 6.92 Å². The highest BCUT2D eigenvalue weighted by Crippen LogP contribution is 2.19. The van der Waals surface area contributed by atoms with Gasteiger partial charge in [-0.3, -0.25) is 4.79 Å². The number of ketones is 1. The highest BCUT2D eigenvalue weighted by atomic mass is 127. The van der Waals surface area contributed by atoms with Gasteiger partial charge in [-0.1, -0.05) is 18.2 Å². The van der Waals surface area contributed by atoms with Gasteiger partial charge in [0.2, 0.25) is 0 Å². The van der Waals surface area contributed by atoms with Crippen molar-refractivity contribution in [3.63, 3.8) is 0 Å². The molecule has 0 amide bonds. The lowest BCUT2D eigenvalue weighted by Gasteiger charge is -2.06. The van der Waals surface area contributed by atoms with Gasteiger partial charge in [0.15, 0.2) is 5.78 Å². The largest absolute Gasteiger partial charge is 0.292 e. The number of alkyl halides is 1. The maximum atomic E-state index is 11.6. The van der Waals surface area contributed by atoms with Crippen molar-refractivity contribution in [2.24, 2.45) is 0 Å². The number of benzene rings is 1. The van der Waals surface area contributed by atoms with Crippen molar-refractivity contribution in [1.29, 1.82) is 0 Å². The third-order valence-corrected chi connectivity index (χ3v) is 3.45. The predicted molar refractivity (Wildman–Crippen MR) is 63.5 cm³/mol. The highest BCUT2D eigenvalue weighted by Gasteiger charge is 2.15. The standard InChI is InChI=1S/C10H10ClIO/c1-6-4-3-5-8(9(6)12)10(13)7(2)11/h3-5,7H,1-2H3. The van der Waals surface area contributed by atoms with E-state index in [0.29, 0.717) is 0 Å². The molecule has 0 bridgehead atoms. The second kappa shape index (κ2) is 4.42. The zero-order valence-corrected chi connectivity index (χ0v) is 10.4. The van der Waals surface area contributed by atoms with Crippen LogP contribution in [0.5, 0.6) is 0 Å². The lowest BCUT2D eigenvalue weighted by atomic mass is 10.1. The average Bonchev–Trinajstić information content (AvgIpc) is 2.08. The Morgan fingerprint density at radius 3 is 2.69 bits per heavy atom. The van der Waals surface area contributed by atoms with Crippen molar-refractivity contribution in [2.75, 3.05) is 0 Å². The van der Waals surface area contributed by atoms with Crippen molar-refractivity contribution >= 4 is 40.0 Å². The Morgan fingerprint density at radius 1 is 1.54 bits per heavy atom. The maximum Gasteiger partial charge on any atom is 0.181 e. The van der Waals surface area contributed by atoms with Crippen LogP contribution in [0.2, 0.25) is 0 Å². The number of rotatable bonds is 2. The summed E-state index contributed by atoms with van der Waals surface area (Å²) in [6, 6.07) is 5.68. The van der Waals surface area contributed by atoms with Crippen molar-refractivity contribution in [1.82, 2.24) is 0 Å². The summed E-state index contributed by atoms with van der Waals surface area (Å²) >= 11 is 7.91. The molecule has 70 valence electrons. The molecule has 0 saturated carbocycles. The predicted octanol–water partition coefficient (Wildman–Crippen LogP) is 3.41. The van der Waals surface area contributed by atoms with E-state index >= 15 is 0 Å². The molecule has 1 nitrogen and oxygen atoms in total. The van der Waals surface area contributed by atoms with E-state index in [0.717, 1.165) is 14.7 Å². The molecule has 0 saturated heterocycles. The summed E-state index contributed by atoms with van der Waals surface area (Å²) in [7, 11) is 0. The van der Waals surface area contributed by atoms with Crippen LogP contribution in [-0.2, 0) is 0 Å². The molecule has 1 atom stereocenters. The van der Waals surface area contributed by atoms with Crippen LogP contribution in [0.15, 0.2) is 18.2 Å². The Bertz CT molecular complexity index is 334. The van der Waals surface area contributed by atoms with Crippen molar-refractivity contribution in [2.45, 2.75) is 19.2 Å². The van der Waals surface area contributed by atoms with Crippen LogP contribution in [0.3, 0.4) is 0 Å². The summed E-state index contributed by atoms with van der Waals surface area (Å²) in [5, 5.41) is -0.449. The lowest BCUT2D eigenvalue weighted by Crippen LogP contribution is -2.12. The number of hydrogen-bond acceptors (Lipinski definition) is 1. The van der Waals surface area contributed by atoms with E-state index < -0.39 is 5.38 Å². The molecule has 1 rings (SSSR count). The topological polar surface area (TPSA) is 17.1 Å². The number of carbonyl (C=O) groups is 1. The zero-order valence-electron chi connectivity index (χ0n) is 7.47. The SMILES string of the molecule is Cc1cccc(C(=O)C(C)Cl)c1I. The molecule has 13 heavy (non-hydrogen) atoms. The molecule has 0 N–H and O–H groups in total. The van der Waals surface area contributed by atoms with Crippen molar-refractivity contribution in [3.8, 4) is 0 Å². The van der Waals surface area contributed by atoms with Crippen LogP contribution in [0, 0.1) is 10.5 Å². The minimum Gasteiger partial charge on any atom is -0.292 e. The molecule has 0 fully saturated rings. The normalized spacial score (nSPS) is 12.6. The highest BCUT2D eigenvalue weighted by molar-refractivity contribution is 14.1. The summed E-state index contributed by atoms with van der Waals surface area (Å²) in [5.41, 5.74) is 1.84. The van der Waals surface area contributed by atoms with E-state index in [1.807, 2.05) is 25.1 Å². The van der Waals surface area contributed by atoms with Crippen LogP contribution < -0.4 is 0 Å². The third kappa shape index (κ3) is 2.44. The first-order valence-corrected chi connectivity index (χ1v) is 5.49. The fourth-order valence-corrected chi connectivity index (χ4v) is 1.79. The molecule has 1 unspecified atom stereocenters. The van der Waals surface area contributed by atoms with Gasteiger partial charge in [0.05, 0.1) is 5.38 Å². The van der Waals surface area contributed by atoms with Gasteiger partial charge in [-0.25, -0.2) is 0 Å². The molecular formula is C10H10ClIO. The quantitative estimate of drug-likeness (QED) is 0.465. The molecule has 0 aliphatic heterocycles. The first-order chi connectivity index (χ1) is 6.04. The van der Waals surface area contributed by atoms with E-state index in [9.17, 15) is 4.79 Å². The smallest absolute Gasteiger partial charge is 0.181 e. The Hall–Kier alpha value is -0.0900. The minimum absolute atomic E-state index is 0.00485. The number of aryl methyl sites for hydroxylation is 1. The van der Waals surface area contributed by atoms with Crippen LogP contribution in [0.4, 0.5) is 0 Å². The Morgan fingerprint density at radius 2 is 2.15 bits per heavy atom. The monoisotopic (exact) mass is 308 g/mol. The summed E-state index contributed by atoms with van der Waals surface area (Å²) in [6.45, 7) is 3.68. The molecule has 1 aromatic carbocycles. The fourth-order valence-electron chi connectivity index (χ4n) is 1.05. The summed E-state index contributed by atoms with van der Waals surface area (Å²) in [4.78, 5) is 11.6. The molecule has 0 spiro atoms. The zero-order chi connectivity index (χ0) is 10.0. The minimum atomic E-state index is -0.449. The van der Waals surface area contributed by atoms with Gasteiger partial charge < -0.3 is 0 Å². The molecule has 0 aliphatic carbocycles. The van der Waals surface area contributed by atoms with Gasteiger partial charge >= 0.3 is 0 Å². The van der Waals surface area contributed by atoms with Crippen LogP contribution in [0.1, 0.15) is 22.8 Å². The summed E-state index contributed by atoms with van der Waals surface area (Å²) in [5.74, 6) is -0.00485. The number of carbonyl (C=O) groups excluding carboxylic acids is 1. The third-order valence-electron chi connectivity index (χ3n) is 1.82. The Kier molecular flexibility index (Phi) is 3.74. The fraction of sp³-hybridized carbons (Fsp3) is 0.300. The van der Waals surface area contributed by atoms with Gasteiger partial charge in [0.1, 0.15) is 0 Å². The van der Waals surface area contributed by atoms with Gasteiger partial charge in [-0.15, -0.1) is 11.6 Å². The van der Waals surface area contributed by atoms with Crippen LogP contribution in [0.25, 0.3) is 0 Å². The lowest BCUT2D eigenvalue weighted by molar-refractivity contribution is 0.0991. The van der Waals surface area contributed by atoms with Gasteiger partial charge in [0, 0.05) is 9.13 Å². The van der Waals surface area contributed by atoms with E-state index in [1.165, 1.54) is 0 Å². The Labute approximate surface area is 96.6 Å². The maximum absolute atomic E-state index is 11.6. The second-order valence-corrected chi connectivity index (χ2v) is 4.65. The van der Waals surface area contributed by atoms with Crippen molar-refractivity contribution in [3.05, 3.63) is 32.9 Å². The molecule has 0 radical (unpaired) electrons. The van der Waals surface area contributed by atoms with Crippen molar-refractivity contribution < 1.29 is 4.79 Å². The van der Waals surface area contributed by atoms with Crippen LogP contribution >= 0.6 is 34.2 Å². The number of hydrogen-bond donors (Lipinski definition) is 0. The summed E-state index contributed by atoms with van der Waals surface area (Å²) in [6.07, 6.45) is 0. The van der Waals surface area contributed by atoms with Gasteiger partial charge in [-0.05, 0) is 42.0 Å². The molecule has 0 aromatic heterocycles. The van der Waals surface area contributed by atoms with E-state index in [4.69, 9.17) is 11.6 Å². The first-order valence-electron chi connectivity index (χ1n) is 3.97. The molecule has 1 aromatic rings. The molecule has 3 heteroatoms. The first kappa shape index (κ1) is 11.0. The number of halogens is 2. The van der Waals surface area contributed by atoms with E-state index in [2.05, 4.69) is 22.6 Å². The molecule has 0 aliphatic rings. The van der Waals surface area contributed by atoms with Crippen LogP contribution in [-0.4, -0.2) is 11.2 Å². The molecular weight excluding hydrogens is 298 g/mol. The van der Waals surface area contributed by atoms with E-state index in [-0.39, 0.29) is 5.78 Å². The average molecular weight is 309 g/mol. The van der Waals surface area contributed by atoms with Gasteiger partial charge in [-0.2, -0.15) is 0 Å². The Balaban J connectivity index is 3.15. The molecule has 0 heterocycles. The summed E-state index contributed by atoms with van der Waals surface area (Å²) < 4.78 is 0.998.